The van der Waals surface area contributed by atoms with Gasteiger partial charge in [0.1, 0.15) is 11.5 Å². The molecule has 0 radical (unpaired) electrons. The van der Waals surface area contributed by atoms with E-state index in [4.69, 9.17) is 0 Å². The normalized spacial score (nSPS) is 15.5. The molecule has 4 nitrogen and oxygen atoms in total. The predicted octanol–water partition coefficient (Wildman–Crippen LogP) is 2.64. The Morgan fingerprint density at radius 3 is 2.56 bits per heavy atom. The first kappa shape index (κ1) is 10.9. The van der Waals surface area contributed by atoms with E-state index in [9.17, 15) is 14.5 Å². The van der Waals surface area contributed by atoms with E-state index >= 15 is 0 Å². The van der Waals surface area contributed by atoms with Gasteiger partial charge in [-0.1, -0.05) is 0 Å². The molecule has 1 fully saturated rings. The lowest BCUT2D eigenvalue weighted by Gasteiger charge is -2.19. The molecule has 0 saturated carbocycles. The standard InChI is InChI=1S/C11H13FN2O2/c1-8-6-9(12)7-10(14(15)16)11(8)13-4-2-3-5-13/h6-7H,2-5H2,1H3. The lowest BCUT2D eigenvalue weighted by Crippen LogP contribution is -2.20. The Labute approximate surface area is 92.8 Å². The molecule has 1 aromatic rings. The van der Waals surface area contributed by atoms with Gasteiger partial charge < -0.3 is 4.90 Å². The highest BCUT2D eigenvalue weighted by molar-refractivity contribution is 5.68. The highest BCUT2D eigenvalue weighted by atomic mass is 19.1. The van der Waals surface area contributed by atoms with Crippen LogP contribution in [0.3, 0.4) is 0 Å². The fourth-order valence-corrected chi connectivity index (χ4v) is 2.21. The number of hydrogen-bond acceptors (Lipinski definition) is 3. The van der Waals surface area contributed by atoms with E-state index in [1.165, 1.54) is 6.07 Å². The number of aryl methyl sites for hydroxylation is 1. The van der Waals surface area contributed by atoms with Gasteiger partial charge in [-0.05, 0) is 31.4 Å². The molecule has 16 heavy (non-hydrogen) atoms. The second-order valence-corrected chi connectivity index (χ2v) is 4.04. The Bertz CT molecular complexity index is 428. The van der Waals surface area contributed by atoms with Crippen molar-refractivity contribution in [2.75, 3.05) is 18.0 Å². The summed E-state index contributed by atoms with van der Waals surface area (Å²) in [6.07, 6.45) is 2.07. The Morgan fingerprint density at radius 1 is 1.38 bits per heavy atom. The maximum atomic E-state index is 13.1. The fraction of sp³-hybridized carbons (Fsp3) is 0.455. The number of nitro groups is 1. The van der Waals surface area contributed by atoms with Crippen LogP contribution in [-0.2, 0) is 0 Å². The third-order valence-electron chi connectivity index (χ3n) is 2.86. The van der Waals surface area contributed by atoms with E-state index in [-0.39, 0.29) is 5.69 Å². The molecule has 5 heteroatoms. The molecule has 0 aromatic heterocycles. The van der Waals surface area contributed by atoms with Crippen molar-refractivity contribution in [2.24, 2.45) is 0 Å². The van der Waals surface area contributed by atoms with E-state index in [1.54, 1.807) is 6.92 Å². The molecule has 0 bridgehead atoms. The van der Waals surface area contributed by atoms with Crippen LogP contribution < -0.4 is 4.90 Å². The Morgan fingerprint density at radius 2 is 2.00 bits per heavy atom. The summed E-state index contributed by atoms with van der Waals surface area (Å²) in [5.74, 6) is -0.549. The summed E-state index contributed by atoms with van der Waals surface area (Å²) in [6, 6.07) is 2.35. The average Bonchev–Trinajstić information content (AvgIpc) is 2.69. The van der Waals surface area contributed by atoms with Gasteiger partial charge in [-0.2, -0.15) is 0 Å². The third-order valence-corrected chi connectivity index (χ3v) is 2.86. The zero-order chi connectivity index (χ0) is 11.7. The molecular weight excluding hydrogens is 211 g/mol. The molecule has 0 atom stereocenters. The fourth-order valence-electron chi connectivity index (χ4n) is 2.21. The van der Waals surface area contributed by atoms with Crippen LogP contribution in [0.4, 0.5) is 15.8 Å². The molecule has 1 aromatic carbocycles. The van der Waals surface area contributed by atoms with Crippen LogP contribution in [0.1, 0.15) is 18.4 Å². The first-order valence-corrected chi connectivity index (χ1v) is 5.29. The van der Waals surface area contributed by atoms with Crippen molar-refractivity contribution < 1.29 is 9.31 Å². The summed E-state index contributed by atoms with van der Waals surface area (Å²) in [4.78, 5) is 12.4. The third kappa shape index (κ3) is 1.85. The number of anilines is 1. The Hall–Kier alpha value is -1.65. The van der Waals surface area contributed by atoms with Gasteiger partial charge in [0.05, 0.1) is 11.0 Å². The number of halogens is 1. The summed E-state index contributed by atoms with van der Waals surface area (Å²) in [7, 11) is 0. The minimum atomic E-state index is -0.549. The van der Waals surface area contributed by atoms with E-state index in [0.717, 1.165) is 32.0 Å². The van der Waals surface area contributed by atoms with Crippen molar-refractivity contribution in [1.82, 2.24) is 0 Å². The minimum Gasteiger partial charge on any atom is -0.366 e. The molecule has 0 amide bonds. The number of hydrogen-bond donors (Lipinski definition) is 0. The van der Waals surface area contributed by atoms with Crippen LogP contribution in [0.15, 0.2) is 12.1 Å². The van der Waals surface area contributed by atoms with Gasteiger partial charge in [0, 0.05) is 13.1 Å². The molecule has 86 valence electrons. The number of benzene rings is 1. The predicted molar refractivity (Wildman–Crippen MR) is 59.2 cm³/mol. The Kier molecular flexibility index (Phi) is 2.77. The maximum absolute atomic E-state index is 13.1. The van der Waals surface area contributed by atoms with Crippen molar-refractivity contribution in [2.45, 2.75) is 19.8 Å². The van der Waals surface area contributed by atoms with Crippen molar-refractivity contribution >= 4 is 11.4 Å². The first-order chi connectivity index (χ1) is 7.59. The average molecular weight is 224 g/mol. The summed E-state index contributed by atoms with van der Waals surface area (Å²) in [5, 5.41) is 10.9. The lowest BCUT2D eigenvalue weighted by molar-refractivity contribution is -0.384. The van der Waals surface area contributed by atoms with Crippen LogP contribution in [0.25, 0.3) is 0 Å². The van der Waals surface area contributed by atoms with Gasteiger partial charge in [-0.25, -0.2) is 4.39 Å². The van der Waals surface area contributed by atoms with Gasteiger partial charge in [-0.3, -0.25) is 10.1 Å². The first-order valence-electron chi connectivity index (χ1n) is 5.29. The van der Waals surface area contributed by atoms with Gasteiger partial charge >= 0.3 is 0 Å². The monoisotopic (exact) mass is 224 g/mol. The largest absolute Gasteiger partial charge is 0.366 e. The quantitative estimate of drug-likeness (QED) is 0.573. The molecule has 2 rings (SSSR count). The molecule has 0 unspecified atom stereocenters. The van der Waals surface area contributed by atoms with Crippen LogP contribution >= 0.6 is 0 Å². The van der Waals surface area contributed by atoms with Crippen LogP contribution in [0.2, 0.25) is 0 Å². The number of nitrogens with zero attached hydrogens (tertiary/aromatic N) is 2. The highest BCUT2D eigenvalue weighted by Crippen LogP contribution is 2.34. The summed E-state index contributed by atoms with van der Waals surface area (Å²) in [5.41, 5.74) is 1.08. The maximum Gasteiger partial charge on any atom is 0.295 e. The molecule has 1 aliphatic rings. The lowest BCUT2D eigenvalue weighted by atomic mass is 10.1. The van der Waals surface area contributed by atoms with Crippen molar-refractivity contribution in [3.05, 3.63) is 33.6 Å². The SMILES string of the molecule is Cc1cc(F)cc([N+](=O)[O-])c1N1CCCC1. The molecule has 1 saturated heterocycles. The summed E-state index contributed by atoms with van der Waals surface area (Å²) in [6.45, 7) is 3.34. The summed E-state index contributed by atoms with van der Waals surface area (Å²) >= 11 is 0. The van der Waals surface area contributed by atoms with E-state index in [0.29, 0.717) is 11.3 Å². The minimum absolute atomic E-state index is 0.126. The second-order valence-electron chi connectivity index (χ2n) is 4.04. The highest BCUT2D eigenvalue weighted by Gasteiger charge is 2.25. The van der Waals surface area contributed by atoms with Crippen LogP contribution in [-0.4, -0.2) is 18.0 Å². The van der Waals surface area contributed by atoms with Crippen molar-refractivity contribution in [3.63, 3.8) is 0 Å². The van der Waals surface area contributed by atoms with Crippen molar-refractivity contribution in [3.8, 4) is 0 Å². The zero-order valence-corrected chi connectivity index (χ0v) is 9.07. The molecule has 1 heterocycles. The zero-order valence-electron chi connectivity index (χ0n) is 9.07. The van der Waals surface area contributed by atoms with E-state index in [2.05, 4.69) is 0 Å². The Balaban J connectivity index is 2.52. The van der Waals surface area contributed by atoms with Crippen LogP contribution in [0.5, 0.6) is 0 Å². The van der Waals surface area contributed by atoms with E-state index < -0.39 is 10.7 Å². The molecule has 0 N–H and O–H groups in total. The molecule has 0 aliphatic carbocycles. The molecule has 0 spiro atoms. The van der Waals surface area contributed by atoms with Gasteiger partial charge in [0.2, 0.25) is 0 Å². The topological polar surface area (TPSA) is 46.4 Å². The summed E-state index contributed by atoms with van der Waals surface area (Å²) < 4.78 is 13.1. The molecular formula is C11H13FN2O2. The number of rotatable bonds is 2. The van der Waals surface area contributed by atoms with Gasteiger partial charge in [0.15, 0.2) is 0 Å². The molecule has 1 aliphatic heterocycles. The van der Waals surface area contributed by atoms with Crippen molar-refractivity contribution in [1.29, 1.82) is 0 Å². The van der Waals surface area contributed by atoms with Gasteiger partial charge in [-0.15, -0.1) is 0 Å². The number of nitro benzene ring substituents is 1. The smallest absolute Gasteiger partial charge is 0.295 e. The van der Waals surface area contributed by atoms with Gasteiger partial charge in [0.25, 0.3) is 5.69 Å². The van der Waals surface area contributed by atoms with E-state index in [1.807, 2.05) is 4.90 Å². The van der Waals surface area contributed by atoms with Crippen LogP contribution in [0, 0.1) is 22.9 Å². The second kappa shape index (κ2) is 4.08.